The first-order valence-electron chi connectivity index (χ1n) is 12.9. The largest absolute Gasteiger partial charge is 0.349 e. The maximum absolute atomic E-state index is 13.9. The fraction of sp³-hybridized carbons (Fsp3) is 0.250. The average molecular weight is 526 g/mol. The van der Waals surface area contributed by atoms with Crippen molar-refractivity contribution in [1.29, 1.82) is 0 Å². The van der Waals surface area contributed by atoms with Crippen molar-refractivity contribution in [3.05, 3.63) is 107 Å². The zero-order chi connectivity index (χ0) is 27.0. The highest BCUT2D eigenvalue weighted by molar-refractivity contribution is 6.30. The van der Waals surface area contributed by atoms with E-state index in [-0.39, 0.29) is 18.2 Å². The predicted molar refractivity (Wildman–Crippen MR) is 154 cm³/mol. The summed E-state index contributed by atoms with van der Waals surface area (Å²) in [5, 5.41) is 3.67. The Hall–Kier alpha value is -3.83. The number of nitrogens with zero attached hydrogens (tertiary/aromatic N) is 2. The number of para-hydroxylation sites is 2. The van der Waals surface area contributed by atoms with Crippen LogP contribution < -0.4 is 10.2 Å². The first-order valence-corrected chi connectivity index (χ1v) is 13.3. The van der Waals surface area contributed by atoms with Gasteiger partial charge >= 0.3 is 0 Å². The smallest absolute Gasteiger partial charge is 0.248 e. The molecular weight excluding hydrogens is 494 g/mol. The van der Waals surface area contributed by atoms with E-state index < -0.39 is 11.6 Å². The van der Waals surface area contributed by atoms with Crippen molar-refractivity contribution in [2.24, 2.45) is 0 Å². The maximum Gasteiger partial charge on any atom is 0.248 e. The van der Waals surface area contributed by atoms with Gasteiger partial charge in [-0.1, -0.05) is 65.7 Å². The van der Waals surface area contributed by atoms with Gasteiger partial charge in [0.2, 0.25) is 11.8 Å². The van der Waals surface area contributed by atoms with Gasteiger partial charge in [-0.2, -0.15) is 0 Å². The molecule has 0 radical (unpaired) electrons. The van der Waals surface area contributed by atoms with Gasteiger partial charge < -0.3 is 9.88 Å². The highest BCUT2D eigenvalue weighted by atomic mass is 35.5. The van der Waals surface area contributed by atoms with Gasteiger partial charge in [-0.15, -0.1) is 0 Å². The van der Waals surface area contributed by atoms with Crippen LogP contribution >= 0.6 is 11.6 Å². The molecular formula is C32H32ClN3O2. The molecule has 1 unspecified atom stereocenters. The van der Waals surface area contributed by atoms with E-state index in [0.717, 1.165) is 22.6 Å². The van der Waals surface area contributed by atoms with Crippen LogP contribution in [0, 0.1) is 6.92 Å². The molecule has 0 aliphatic carbocycles. The molecule has 1 N–H and O–H groups in total. The van der Waals surface area contributed by atoms with Gasteiger partial charge in [-0.3, -0.25) is 14.5 Å². The monoisotopic (exact) mass is 525 g/mol. The third-order valence-electron chi connectivity index (χ3n) is 6.75. The molecule has 1 aliphatic rings. The van der Waals surface area contributed by atoms with E-state index in [0.29, 0.717) is 22.7 Å². The summed E-state index contributed by atoms with van der Waals surface area (Å²) >= 11 is 6.19. The summed E-state index contributed by atoms with van der Waals surface area (Å²) in [4.78, 5) is 29.5. The molecule has 3 aromatic carbocycles. The molecule has 2 heterocycles. The SMILES string of the molecule is Cc1ccc(-c2ccc3n2-c2ccccc2N(C(C(=O)NC(C)(C)C)c2ccc(Cl)cc2)C(=O)CC3)cc1. The van der Waals surface area contributed by atoms with Crippen LogP contribution in [0.5, 0.6) is 0 Å². The standard InChI is InChI=1S/C32H32ClN3O2/c1-21-9-11-22(12-10-21)26-19-17-25-18-20-29(37)36(28-8-6-5-7-27(28)35(25)26)30(31(38)34-32(2,3)4)23-13-15-24(33)16-14-23/h5-17,19,30H,18,20H2,1-4H3,(H,34,38). The highest BCUT2D eigenvalue weighted by Gasteiger charge is 2.36. The van der Waals surface area contributed by atoms with Crippen molar-refractivity contribution in [1.82, 2.24) is 9.88 Å². The van der Waals surface area contributed by atoms with Crippen LogP contribution in [-0.4, -0.2) is 21.9 Å². The number of amides is 2. The van der Waals surface area contributed by atoms with E-state index in [1.807, 2.05) is 57.2 Å². The number of rotatable bonds is 4. The quantitative estimate of drug-likeness (QED) is 0.310. The molecule has 1 aliphatic heterocycles. The Labute approximate surface area is 229 Å². The number of carbonyl (C=O) groups excluding carboxylic acids is 2. The second kappa shape index (κ2) is 10.1. The number of hydrogen-bond donors (Lipinski definition) is 1. The lowest BCUT2D eigenvalue weighted by Gasteiger charge is -2.36. The Morgan fingerprint density at radius 2 is 1.53 bits per heavy atom. The summed E-state index contributed by atoms with van der Waals surface area (Å²) in [5.74, 6) is -0.346. The van der Waals surface area contributed by atoms with Crippen LogP contribution in [0.25, 0.3) is 16.9 Å². The van der Waals surface area contributed by atoms with E-state index in [4.69, 9.17) is 11.6 Å². The topological polar surface area (TPSA) is 54.3 Å². The van der Waals surface area contributed by atoms with Crippen LogP contribution in [0.1, 0.15) is 50.1 Å². The Morgan fingerprint density at radius 3 is 2.18 bits per heavy atom. The van der Waals surface area contributed by atoms with Crippen LogP contribution in [0.3, 0.4) is 0 Å². The lowest BCUT2D eigenvalue weighted by Crippen LogP contribution is -2.50. The van der Waals surface area contributed by atoms with Crippen molar-refractivity contribution in [3.63, 3.8) is 0 Å². The number of anilines is 1. The summed E-state index contributed by atoms with van der Waals surface area (Å²) in [6.07, 6.45) is 0.836. The number of fused-ring (bicyclic) bond motifs is 3. The molecule has 5 rings (SSSR count). The van der Waals surface area contributed by atoms with Crippen LogP contribution in [0.4, 0.5) is 5.69 Å². The van der Waals surface area contributed by atoms with Crippen LogP contribution in [0.2, 0.25) is 5.02 Å². The van der Waals surface area contributed by atoms with Gasteiger partial charge in [-0.05, 0) is 81.6 Å². The minimum Gasteiger partial charge on any atom is -0.349 e. The molecule has 0 bridgehead atoms. The van der Waals surface area contributed by atoms with Gasteiger partial charge in [0.1, 0.15) is 6.04 Å². The lowest BCUT2D eigenvalue weighted by atomic mass is 9.99. The third-order valence-corrected chi connectivity index (χ3v) is 7.00. The summed E-state index contributed by atoms with van der Waals surface area (Å²) in [6, 6.07) is 26.8. The zero-order valence-electron chi connectivity index (χ0n) is 22.2. The molecule has 2 amide bonds. The Bertz CT molecular complexity index is 1480. The fourth-order valence-corrected chi connectivity index (χ4v) is 5.16. The molecule has 5 nitrogen and oxygen atoms in total. The van der Waals surface area contributed by atoms with Crippen molar-refractivity contribution in [2.45, 2.75) is 52.1 Å². The van der Waals surface area contributed by atoms with Crippen LogP contribution in [-0.2, 0) is 16.0 Å². The lowest BCUT2D eigenvalue weighted by molar-refractivity contribution is -0.127. The predicted octanol–water partition coefficient (Wildman–Crippen LogP) is 7.04. The Kier molecular flexibility index (Phi) is 6.89. The number of hydrogen-bond acceptors (Lipinski definition) is 2. The third kappa shape index (κ3) is 5.11. The highest BCUT2D eigenvalue weighted by Crippen LogP contribution is 2.39. The molecule has 0 saturated carbocycles. The molecule has 4 aromatic rings. The first-order chi connectivity index (χ1) is 18.1. The molecule has 1 aromatic heterocycles. The van der Waals surface area contributed by atoms with E-state index in [1.54, 1.807) is 17.0 Å². The molecule has 1 atom stereocenters. The van der Waals surface area contributed by atoms with Crippen LogP contribution in [0.15, 0.2) is 84.9 Å². The summed E-state index contributed by atoms with van der Waals surface area (Å²) in [7, 11) is 0. The fourth-order valence-electron chi connectivity index (χ4n) is 5.04. The number of aryl methyl sites for hydroxylation is 2. The Balaban J connectivity index is 1.71. The second-order valence-corrected chi connectivity index (χ2v) is 11.3. The molecule has 194 valence electrons. The number of benzene rings is 3. The second-order valence-electron chi connectivity index (χ2n) is 10.9. The van der Waals surface area contributed by atoms with Crippen molar-refractivity contribution in [3.8, 4) is 16.9 Å². The summed E-state index contributed by atoms with van der Waals surface area (Å²) in [6.45, 7) is 7.89. The van der Waals surface area contributed by atoms with Gasteiger partial charge in [0.15, 0.2) is 0 Å². The molecule has 0 fully saturated rings. The number of nitrogens with one attached hydrogen (secondary N) is 1. The number of carbonyl (C=O) groups is 2. The summed E-state index contributed by atoms with van der Waals surface area (Å²) in [5.41, 5.74) is 6.17. The van der Waals surface area contributed by atoms with E-state index in [2.05, 4.69) is 53.2 Å². The minimum absolute atomic E-state index is 0.106. The molecule has 0 spiro atoms. The molecule has 0 saturated heterocycles. The number of halogens is 1. The number of aromatic nitrogens is 1. The molecule has 38 heavy (non-hydrogen) atoms. The van der Waals surface area contributed by atoms with E-state index in [1.165, 1.54) is 5.56 Å². The normalized spacial score (nSPS) is 14.2. The van der Waals surface area contributed by atoms with Crippen molar-refractivity contribution in [2.75, 3.05) is 4.90 Å². The van der Waals surface area contributed by atoms with E-state index >= 15 is 0 Å². The van der Waals surface area contributed by atoms with Crippen molar-refractivity contribution < 1.29 is 9.59 Å². The zero-order valence-corrected chi connectivity index (χ0v) is 22.9. The minimum atomic E-state index is -0.861. The average Bonchev–Trinajstić information content (AvgIpc) is 3.28. The van der Waals surface area contributed by atoms with Gasteiger partial charge in [0.25, 0.3) is 0 Å². The van der Waals surface area contributed by atoms with Crippen molar-refractivity contribution >= 4 is 29.1 Å². The van der Waals surface area contributed by atoms with Gasteiger partial charge in [0, 0.05) is 22.7 Å². The van der Waals surface area contributed by atoms with Gasteiger partial charge in [-0.25, -0.2) is 0 Å². The maximum atomic E-state index is 13.9. The Morgan fingerprint density at radius 1 is 0.868 bits per heavy atom. The summed E-state index contributed by atoms with van der Waals surface area (Å²) < 4.78 is 2.22. The first kappa shape index (κ1) is 25.8. The van der Waals surface area contributed by atoms with E-state index in [9.17, 15) is 9.59 Å². The molecule has 6 heteroatoms. The van der Waals surface area contributed by atoms with Gasteiger partial charge in [0.05, 0.1) is 17.1 Å².